The molecule has 4 nitrogen and oxygen atoms in total. The molecule has 10 rings (SSSR count). The molecule has 0 unspecified atom stereocenters. The number of hydrogen-bond acceptors (Lipinski definition) is 3. The van der Waals surface area contributed by atoms with Crippen molar-refractivity contribution in [2.75, 3.05) is 0 Å². The molecular weight excluding hydrogens is 587 g/mol. The van der Waals surface area contributed by atoms with Gasteiger partial charge in [0.1, 0.15) is 17.0 Å². The zero-order valence-electron chi connectivity index (χ0n) is 25.8. The van der Waals surface area contributed by atoms with Crippen LogP contribution in [-0.4, -0.2) is 14.5 Å². The molecule has 224 valence electrons. The van der Waals surface area contributed by atoms with Crippen molar-refractivity contribution in [2.24, 2.45) is 0 Å². The molecule has 0 N–H and O–H groups in total. The Kier molecular flexibility index (Phi) is 5.84. The molecule has 10 aromatic rings. The zero-order valence-corrected chi connectivity index (χ0v) is 25.8. The van der Waals surface area contributed by atoms with E-state index in [9.17, 15) is 0 Å². The van der Waals surface area contributed by atoms with Crippen LogP contribution < -0.4 is 0 Å². The largest absolute Gasteiger partial charge is 0.456 e. The van der Waals surface area contributed by atoms with E-state index in [2.05, 4.69) is 144 Å². The van der Waals surface area contributed by atoms with E-state index in [-0.39, 0.29) is 0 Å². The number of hydrogen-bond donors (Lipinski definition) is 0. The molecule has 3 aromatic heterocycles. The normalized spacial score (nSPS) is 11.8. The maximum absolute atomic E-state index is 6.33. The van der Waals surface area contributed by atoms with Gasteiger partial charge >= 0.3 is 0 Å². The van der Waals surface area contributed by atoms with Gasteiger partial charge in [0.2, 0.25) is 0 Å². The van der Waals surface area contributed by atoms with Gasteiger partial charge in [-0.3, -0.25) is 4.57 Å². The number of aromatic nitrogens is 3. The number of fused-ring (bicyclic) bond motifs is 7. The fraction of sp³-hybridized carbons (Fsp3) is 0. The lowest BCUT2D eigenvalue weighted by Gasteiger charge is -2.13. The van der Waals surface area contributed by atoms with Crippen LogP contribution in [0.25, 0.3) is 94.1 Å². The summed E-state index contributed by atoms with van der Waals surface area (Å²) in [5.74, 6) is 0.930. The van der Waals surface area contributed by atoms with Crippen LogP contribution in [0.15, 0.2) is 168 Å². The highest BCUT2D eigenvalue weighted by atomic mass is 16.3. The van der Waals surface area contributed by atoms with Gasteiger partial charge < -0.3 is 4.42 Å². The minimum absolute atomic E-state index is 0.871. The summed E-state index contributed by atoms with van der Waals surface area (Å²) in [6.45, 7) is 0. The van der Waals surface area contributed by atoms with Crippen LogP contribution in [0.2, 0.25) is 0 Å². The molecule has 48 heavy (non-hydrogen) atoms. The van der Waals surface area contributed by atoms with E-state index in [0.29, 0.717) is 0 Å². The minimum Gasteiger partial charge on any atom is -0.456 e. The summed E-state index contributed by atoms with van der Waals surface area (Å²) >= 11 is 0. The SMILES string of the molecule is c1ccc(-c2nc3ccccc3n2-c2ccc(-c3cccc(-c4nc5ccccc5c5cc6c(cc45)oc4ccccc46)c3)cc2)cc1. The van der Waals surface area contributed by atoms with Crippen molar-refractivity contribution in [3.8, 4) is 39.5 Å². The molecule has 0 amide bonds. The standard InChI is InChI=1S/C44H27N3O/c1-2-11-29(12-3-1)44-46-39-18-7-8-19-40(39)47(44)32-23-21-28(22-24-32)30-13-10-14-31(25-30)43-37-27-42-36(34-16-5-9-20-41(34)48-42)26-35(37)33-15-4-6-17-38(33)45-43/h1-27H. The molecule has 0 bridgehead atoms. The second kappa shape index (κ2) is 10.5. The first kappa shape index (κ1) is 26.7. The van der Waals surface area contributed by atoms with Crippen molar-refractivity contribution in [2.45, 2.75) is 0 Å². The van der Waals surface area contributed by atoms with Crippen LogP contribution >= 0.6 is 0 Å². The number of imidazole rings is 1. The van der Waals surface area contributed by atoms with Crippen LogP contribution in [0.5, 0.6) is 0 Å². The second-order valence-corrected chi connectivity index (χ2v) is 12.2. The summed E-state index contributed by atoms with van der Waals surface area (Å²) in [6.07, 6.45) is 0. The maximum atomic E-state index is 6.33. The van der Waals surface area contributed by atoms with Crippen molar-refractivity contribution in [3.63, 3.8) is 0 Å². The highest BCUT2D eigenvalue weighted by molar-refractivity contribution is 6.18. The third-order valence-electron chi connectivity index (χ3n) is 9.39. The highest BCUT2D eigenvalue weighted by Crippen LogP contribution is 2.39. The Morgan fingerprint density at radius 2 is 1.10 bits per heavy atom. The van der Waals surface area contributed by atoms with Gasteiger partial charge in [-0.25, -0.2) is 9.97 Å². The lowest BCUT2D eigenvalue weighted by Crippen LogP contribution is -1.97. The summed E-state index contributed by atoms with van der Waals surface area (Å²) in [4.78, 5) is 10.2. The maximum Gasteiger partial charge on any atom is 0.145 e. The first-order valence-corrected chi connectivity index (χ1v) is 16.2. The molecule has 3 heterocycles. The molecule has 0 spiro atoms. The third-order valence-corrected chi connectivity index (χ3v) is 9.39. The molecule has 0 atom stereocenters. The predicted octanol–water partition coefficient (Wildman–Crippen LogP) is 11.6. The fourth-order valence-corrected chi connectivity index (χ4v) is 7.11. The smallest absolute Gasteiger partial charge is 0.145 e. The quantitative estimate of drug-likeness (QED) is 0.186. The average molecular weight is 614 g/mol. The number of nitrogens with zero attached hydrogens (tertiary/aromatic N) is 3. The van der Waals surface area contributed by atoms with E-state index in [1.165, 1.54) is 5.39 Å². The number of rotatable bonds is 4. The molecule has 0 radical (unpaired) electrons. The fourth-order valence-electron chi connectivity index (χ4n) is 7.11. The van der Waals surface area contributed by atoms with E-state index in [1.54, 1.807) is 0 Å². The second-order valence-electron chi connectivity index (χ2n) is 12.2. The molecule has 0 saturated heterocycles. The first-order valence-electron chi connectivity index (χ1n) is 16.2. The van der Waals surface area contributed by atoms with E-state index in [0.717, 1.165) is 88.7 Å². The van der Waals surface area contributed by atoms with Crippen molar-refractivity contribution in [1.82, 2.24) is 14.5 Å². The number of para-hydroxylation sites is 4. The monoisotopic (exact) mass is 613 g/mol. The van der Waals surface area contributed by atoms with Gasteiger partial charge in [-0.1, -0.05) is 109 Å². The van der Waals surface area contributed by atoms with Crippen LogP contribution in [0.1, 0.15) is 0 Å². The Morgan fingerprint density at radius 3 is 1.98 bits per heavy atom. The lowest BCUT2D eigenvalue weighted by molar-refractivity contribution is 0.669. The van der Waals surface area contributed by atoms with Crippen molar-refractivity contribution >= 4 is 54.6 Å². The molecule has 0 aliphatic heterocycles. The van der Waals surface area contributed by atoms with E-state index in [1.807, 2.05) is 24.3 Å². The van der Waals surface area contributed by atoms with Gasteiger partial charge in [-0.15, -0.1) is 0 Å². The number of benzene rings is 7. The lowest BCUT2D eigenvalue weighted by atomic mass is 9.96. The summed E-state index contributed by atoms with van der Waals surface area (Å²) < 4.78 is 8.57. The highest BCUT2D eigenvalue weighted by Gasteiger charge is 2.17. The van der Waals surface area contributed by atoms with E-state index >= 15 is 0 Å². The molecule has 0 saturated carbocycles. The molecule has 4 heteroatoms. The predicted molar refractivity (Wildman–Crippen MR) is 197 cm³/mol. The Balaban J connectivity index is 1.11. The summed E-state index contributed by atoms with van der Waals surface area (Å²) in [6, 6.07) is 57.2. The van der Waals surface area contributed by atoms with E-state index < -0.39 is 0 Å². The Hall–Kier alpha value is -6.52. The Morgan fingerprint density at radius 1 is 0.396 bits per heavy atom. The number of pyridine rings is 1. The van der Waals surface area contributed by atoms with Crippen LogP contribution in [0.3, 0.4) is 0 Å². The zero-order chi connectivity index (χ0) is 31.6. The van der Waals surface area contributed by atoms with Crippen LogP contribution in [0.4, 0.5) is 0 Å². The van der Waals surface area contributed by atoms with Gasteiger partial charge in [0.15, 0.2) is 0 Å². The molecule has 0 fully saturated rings. The third kappa shape index (κ3) is 4.16. The van der Waals surface area contributed by atoms with Crippen molar-refractivity contribution in [1.29, 1.82) is 0 Å². The summed E-state index contributed by atoms with van der Waals surface area (Å²) in [5, 5.41) is 5.63. The summed E-state index contributed by atoms with van der Waals surface area (Å²) in [5.41, 5.74) is 11.2. The average Bonchev–Trinajstić information content (AvgIpc) is 3.73. The Bertz CT molecular complexity index is 2830. The van der Waals surface area contributed by atoms with Gasteiger partial charge in [0, 0.05) is 38.4 Å². The molecule has 7 aromatic carbocycles. The minimum atomic E-state index is 0.871. The van der Waals surface area contributed by atoms with Gasteiger partial charge in [-0.05, 0) is 71.1 Å². The number of furan rings is 1. The molecule has 0 aliphatic carbocycles. The molecule has 0 aliphatic rings. The molecular formula is C44H27N3O. The van der Waals surface area contributed by atoms with Gasteiger partial charge in [-0.2, -0.15) is 0 Å². The Labute approximate surface area is 276 Å². The summed E-state index contributed by atoms with van der Waals surface area (Å²) in [7, 11) is 0. The van der Waals surface area contributed by atoms with Crippen LogP contribution in [0, 0.1) is 0 Å². The first-order chi connectivity index (χ1) is 23.8. The van der Waals surface area contributed by atoms with E-state index in [4.69, 9.17) is 14.4 Å². The van der Waals surface area contributed by atoms with Crippen LogP contribution in [-0.2, 0) is 0 Å². The van der Waals surface area contributed by atoms with Gasteiger partial charge in [0.25, 0.3) is 0 Å². The van der Waals surface area contributed by atoms with Gasteiger partial charge in [0.05, 0.1) is 22.2 Å². The van der Waals surface area contributed by atoms with Crippen molar-refractivity contribution < 1.29 is 4.42 Å². The van der Waals surface area contributed by atoms with Crippen molar-refractivity contribution in [3.05, 3.63) is 164 Å². The topological polar surface area (TPSA) is 43.9 Å².